The van der Waals surface area contributed by atoms with Gasteiger partial charge in [-0.15, -0.1) is 11.3 Å². The van der Waals surface area contributed by atoms with Gasteiger partial charge in [-0.2, -0.15) is 0 Å². The molecule has 0 bridgehead atoms. The molecule has 3 heteroatoms. The van der Waals surface area contributed by atoms with E-state index in [1.54, 1.807) is 0 Å². The lowest BCUT2D eigenvalue weighted by atomic mass is 10.2. The second-order valence-electron chi connectivity index (χ2n) is 4.26. The summed E-state index contributed by atoms with van der Waals surface area (Å²) in [6.07, 6.45) is 4.11. The largest absolute Gasteiger partial charge is 0.381 e. The highest BCUT2D eigenvalue weighted by molar-refractivity contribution is 7.11. The van der Waals surface area contributed by atoms with Gasteiger partial charge >= 0.3 is 0 Å². The zero-order valence-electron chi connectivity index (χ0n) is 9.45. The molecule has 2 atom stereocenters. The van der Waals surface area contributed by atoms with Crippen molar-refractivity contribution in [1.29, 1.82) is 0 Å². The van der Waals surface area contributed by atoms with Crippen LogP contribution >= 0.6 is 11.3 Å². The van der Waals surface area contributed by atoms with E-state index < -0.39 is 0 Å². The summed E-state index contributed by atoms with van der Waals surface area (Å²) in [7, 11) is 1.82. The third-order valence-electron chi connectivity index (χ3n) is 3.08. The van der Waals surface area contributed by atoms with E-state index in [1.165, 1.54) is 29.0 Å². The molecule has 1 heterocycles. The standard InChI is InChI=1S/C12H19NOS/c1-9-3-6-12(15-9)8-13-10-4-5-11(7-10)14-2/h3,6,10-11,13H,4-5,7-8H2,1-2H3. The Balaban J connectivity index is 1.75. The van der Waals surface area contributed by atoms with Crippen LogP contribution in [0.25, 0.3) is 0 Å². The summed E-state index contributed by atoms with van der Waals surface area (Å²) in [6.45, 7) is 3.17. The van der Waals surface area contributed by atoms with Crippen LogP contribution in [0, 0.1) is 6.92 Å². The molecule has 2 rings (SSSR count). The minimum Gasteiger partial charge on any atom is -0.381 e. The molecule has 0 aromatic carbocycles. The predicted molar refractivity (Wildman–Crippen MR) is 64.3 cm³/mol. The van der Waals surface area contributed by atoms with E-state index in [1.807, 2.05) is 18.4 Å². The Morgan fingerprint density at radius 2 is 2.33 bits per heavy atom. The number of methoxy groups -OCH3 is 1. The van der Waals surface area contributed by atoms with Gasteiger partial charge < -0.3 is 10.1 Å². The number of thiophene rings is 1. The van der Waals surface area contributed by atoms with Crippen LogP contribution in [0.4, 0.5) is 0 Å². The fourth-order valence-corrected chi connectivity index (χ4v) is 3.01. The topological polar surface area (TPSA) is 21.3 Å². The highest BCUT2D eigenvalue weighted by Gasteiger charge is 2.23. The van der Waals surface area contributed by atoms with Gasteiger partial charge in [-0.3, -0.25) is 0 Å². The Kier molecular flexibility index (Phi) is 3.78. The molecule has 1 fully saturated rings. The Morgan fingerprint density at radius 1 is 1.47 bits per heavy atom. The summed E-state index contributed by atoms with van der Waals surface area (Å²) in [4.78, 5) is 2.83. The molecule has 2 unspecified atom stereocenters. The van der Waals surface area contributed by atoms with Gasteiger partial charge in [0.05, 0.1) is 6.10 Å². The quantitative estimate of drug-likeness (QED) is 0.850. The fraction of sp³-hybridized carbons (Fsp3) is 0.667. The maximum atomic E-state index is 5.36. The van der Waals surface area contributed by atoms with Crippen LogP contribution in [0.15, 0.2) is 12.1 Å². The van der Waals surface area contributed by atoms with Crippen molar-refractivity contribution in [2.24, 2.45) is 0 Å². The van der Waals surface area contributed by atoms with E-state index in [4.69, 9.17) is 4.74 Å². The van der Waals surface area contributed by atoms with Crippen LogP contribution in [-0.4, -0.2) is 19.3 Å². The lowest BCUT2D eigenvalue weighted by Gasteiger charge is -2.11. The van der Waals surface area contributed by atoms with Gasteiger partial charge in [-0.05, 0) is 38.3 Å². The van der Waals surface area contributed by atoms with Crippen LogP contribution < -0.4 is 5.32 Å². The average molecular weight is 225 g/mol. The first kappa shape index (κ1) is 11.1. The highest BCUT2D eigenvalue weighted by atomic mass is 32.1. The zero-order valence-corrected chi connectivity index (χ0v) is 10.3. The summed E-state index contributed by atoms with van der Waals surface area (Å²) in [6, 6.07) is 5.06. The molecule has 0 aliphatic heterocycles. The van der Waals surface area contributed by atoms with Crippen molar-refractivity contribution in [2.45, 2.75) is 44.9 Å². The first-order valence-corrected chi connectivity index (χ1v) is 6.41. The highest BCUT2D eigenvalue weighted by Crippen LogP contribution is 2.22. The molecule has 1 aromatic rings. The maximum absolute atomic E-state index is 5.36. The maximum Gasteiger partial charge on any atom is 0.0586 e. The number of ether oxygens (including phenoxy) is 1. The summed E-state index contributed by atoms with van der Waals surface area (Å²) in [5, 5.41) is 3.61. The first-order chi connectivity index (χ1) is 7.28. The molecule has 1 aliphatic rings. The number of rotatable bonds is 4. The second kappa shape index (κ2) is 5.10. The molecule has 0 spiro atoms. The van der Waals surface area contributed by atoms with Gasteiger partial charge in [-0.25, -0.2) is 0 Å². The van der Waals surface area contributed by atoms with Crippen molar-refractivity contribution in [3.05, 3.63) is 21.9 Å². The monoisotopic (exact) mass is 225 g/mol. The van der Waals surface area contributed by atoms with Gasteiger partial charge in [-0.1, -0.05) is 0 Å². The minimum atomic E-state index is 0.479. The SMILES string of the molecule is COC1CCC(NCc2ccc(C)s2)C1. The molecule has 1 N–H and O–H groups in total. The van der Waals surface area contributed by atoms with Crippen molar-refractivity contribution in [3.63, 3.8) is 0 Å². The van der Waals surface area contributed by atoms with Crippen molar-refractivity contribution < 1.29 is 4.74 Å². The number of nitrogens with one attached hydrogen (secondary N) is 1. The Bertz CT molecular complexity index is 310. The normalized spacial score (nSPS) is 26.0. The molecule has 1 aromatic heterocycles. The zero-order chi connectivity index (χ0) is 10.7. The van der Waals surface area contributed by atoms with Gasteiger partial charge in [0.1, 0.15) is 0 Å². The Morgan fingerprint density at radius 3 is 2.93 bits per heavy atom. The third kappa shape index (κ3) is 3.03. The van der Waals surface area contributed by atoms with E-state index in [0.717, 1.165) is 6.54 Å². The third-order valence-corrected chi connectivity index (χ3v) is 4.08. The molecule has 0 amide bonds. The molecule has 15 heavy (non-hydrogen) atoms. The van der Waals surface area contributed by atoms with Crippen molar-refractivity contribution >= 4 is 11.3 Å². The molecular weight excluding hydrogens is 206 g/mol. The van der Waals surface area contributed by atoms with Crippen molar-refractivity contribution in [1.82, 2.24) is 5.32 Å². The number of hydrogen-bond acceptors (Lipinski definition) is 3. The lowest BCUT2D eigenvalue weighted by molar-refractivity contribution is 0.107. The van der Waals surface area contributed by atoms with Crippen LogP contribution in [0.2, 0.25) is 0 Å². The van der Waals surface area contributed by atoms with E-state index in [9.17, 15) is 0 Å². The molecule has 2 nitrogen and oxygen atoms in total. The van der Waals surface area contributed by atoms with Gasteiger partial charge in [0.2, 0.25) is 0 Å². The number of hydrogen-bond donors (Lipinski definition) is 1. The van der Waals surface area contributed by atoms with Crippen molar-refractivity contribution in [2.75, 3.05) is 7.11 Å². The summed E-state index contributed by atoms with van der Waals surface area (Å²) in [5.41, 5.74) is 0. The van der Waals surface area contributed by atoms with Crippen LogP contribution in [0.3, 0.4) is 0 Å². The molecule has 0 radical (unpaired) electrons. The molecule has 1 aliphatic carbocycles. The summed E-state index contributed by atoms with van der Waals surface area (Å²) in [5.74, 6) is 0. The second-order valence-corrected chi connectivity index (χ2v) is 5.63. The van der Waals surface area contributed by atoms with Crippen LogP contribution in [0.1, 0.15) is 29.0 Å². The van der Waals surface area contributed by atoms with E-state index in [2.05, 4.69) is 24.4 Å². The Labute approximate surface area is 95.6 Å². The first-order valence-electron chi connectivity index (χ1n) is 5.59. The smallest absolute Gasteiger partial charge is 0.0586 e. The number of aryl methyl sites for hydroxylation is 1. The van der Waals surface area contributed by atoms with E-state index in [0.29, 0.717) is 12.1 Å². The lowest BCUT2D eigenvalue weighted by Crippen LogP contribution is -2.26. The summed E-state index contributed by atoms with van der Waals surface area (Å²) < 4.78 is 5.36. The van der Waals surface area contributed by atoms with E-state index in [-0.39, 0.29) is 0 Å². The van der Waals surface area contributed by atoms with Gasteiger partial charge in [0.15, 0.2) is 0 Å². The molecule has 1 saturated carbocycles. The Hall–Kier alpha value is -0.380. The minimum absolute atomic E-state index is 0.479. The van der Waals surface area contributed by atoms with E-state index >= 15 is 0 Å². The molecular formula is C12H19NOS. The van der Waals surface area contributed by atoms with Gasteiger partial charge in [0, 0.05) is 29.5 Å². The predicted octanol–water partition coefficient (Wildman–Crippen LogP) is 2.71. The van der Waals surface area contributed by atoms with Crippen molar-refractivity contribution in [3.8, 4) is 0 Å². The average Bonchev–Trinajstić information content (AvgIpc) is 2.83. The van der Waals surface area contributed by atoms with Gasteiger partial charge in [0.25, 0.3) is 0 Å². The van der Waals surface area contributed by atoms with Crippen LogP contribution in [-0.2, 0) is 11.3 Å². The molecule has 0 saturated heterocycles. The van der Waals surface area contributed by atoms with Crippen LogP contribution in [0.5, 0.6) is 0 Å². The summed E-state index contributed by atoms with van der Waals surface area (Å²) >= 11 is 1.88. The fourth-order valence-electron chi connectivity index (χ4n) is 2.16. The molecule has 84 valence electrons.